The Morgan fingerprint density at radius 2 is 1.60 bits per heavy atom. The first-order valence-electron chi connectivity index (χ1n) is 2.36. The third kappa shape index (κ3) is 3.47. The molecule has 1 aromatic rings. The van der Waals surface area contributed by atoms with Crippen LogP contribution in [0.2, 0.25) is 0 Å². The van der Waals surface area contributed by atoms with Crippen LogP contribution < -0.4 is 18.9 Å². The molecule has 1 rings (SSSR count). The molecule has 0 aliphatic heterocycles. The van der Waals surface area contributed by atoms with Crippen LogP contribution in [0.4, 0.5) is 0 Å². The van der Waals surface area contributed by atoms with Gasteiger partial charge in [0, 0.05) is 0 Å². The smallest absolute Gasteiger partial charge is 0.870 e. The molecule has 0 aromatic heterocycles. The van der Waals surface area contributed by atoms with Gasteiger partial charge in [0.05, 0.1) is 6.29 Å². The molecule has 0 heterocycles. The van der Waals surface area contributed by atoms with Gasteiger partial charge in [0.2, 0.25) is 0 Å². The second-order valence-corrected chi connectivity index (χ2v) is 1.47. The molecule has 1 N–H and O–H groups in total. The molecule has 0 saturated heterocycles. The summed E-state index contributed by atoms with van der Waals surface area (Å²) in [6.45, 7) is 0. The second kappa shape index (κ2) is 6.57. The Morgan fingerprint density at radius 3 is 1.90 bits per heavy atom. The van der Waals surface area contributed by atoms with E-state index < -0.39 is 0 Å². The fourth-order valence-electron chi connectivity index (χ4n) is 0.506. The zero-order chi connectivity index (χ0) is 5.82. The Balaban J connectivity index is 0. The average Bonchev–Trinajstić information content (AvgIpc) is 1.90. The van der Waals surface area contributed by atoms with Crippen LogP contribution in [0.15, 0.2) is 30.3 Å². The zero-order valence-electron chi connectivity index (χ0n) is 5.74. The first-order valence-corrected chi connectivity index (χ1v) is 2.36. The van der Waals surface area contributed by atoms with E-state index in [1.165, 1.54) is 0 Å². The van der Waals surface area contributed by atoms with Gasteiger partial charge in [0.25, 0.3) is 0 Å². The molecule has 10 heavy (non-hydrogen) atoms. The maximum atomic E-state index is 9.88. The Morgan fingerprint density at radius 1 is 1.10 bits per heavy atom. The van der Waals surface area contributed by atoms with Crippen LogP contribution in [-0.4, -0.2) is 11.8 Å². The predicted molar refractivity (Wildman–Crippen MR) is 33.2 cm³/mol. The van der Waals surface area contributed by atoms with E-state index in [2.05, 4.69) is 0 Å². The van der Waals surface area contributed by atoms with Crippen LogP contribution >= 0.6 is 0 Å². The van der Waals surface area contributed by atoms with Gasteiger partial charge in [0.15, 0.2) is 0 Å². The van der Waals surface area contributed by atoms with Crippen molar-refractivity contribution in [2.24, 2.45) is 0 Å². The molecule has 0 aliphatic rings. The van der Waals surface area contributed by atoms with Crippen LogP contribution in [0.25, 0.3) is 0 Å². The standard InChI is InChI=1S/C7H5O.Li.H2O/c8-6-7-4-2-1-3-5-7;;/h1-5H;;1H2/q-1;+1;/p-1. The quantitative estimate of drug-likeness (QED) is 0.324. The normalized spacial score (nSPS) is 6.80. The minimum absolute atomic E-state index is 0. The van der Waals surface area contributed by atoms with Gasteiger partial charge in [0.1, 0.15) is 0 Å². The van der Waals surface area contributed by atoms with Crippen LogP contribution in [0.5, 0.6) is 0 Å². The molecule has 0 amide bonds. The summed E-state index contributed by atoms with van der Waals surface area (Å²) in [5.74, 6) is 0. The summed E-state index contributed by atoms with van der Waals surface area (Å²) in [5, 5.41) is 0. The van der Waals surface area contributed by atoms with E-state index in [0.29, 0.717) is 5.56 Å². The Bertz CT molecular complexity index is 174. The van der Waals surface area contributed by atoms with Gasteiger partial charge in [-0.25, -0.2) is 0 Å². The first-order chi connectivity index (χ1) is 3.93. The van der Waals surface area contributed by atoms with E-state index in [-0.39, 0.29) is 24.3 Å². The Kier molecular flexibility index (Phi) is 7.98. The molecule has 1 aromatic carbocycles. The third-order valence-corrected chi connectivity index (χ3v) is 0.892. The summed E-state index contributed by atoms with van der Waals surface area (Å²) in [7, 11) is 0. The molecule has 0 bridgehead atoms. The van der Waals surface area contributed by atoms with Crippen LogP contribution in [0, 0.1) is 0 Å². The molecule has 0 radical (unpaired) electrons. The van der Waals surface area contributed by atoms with E-state index >= 15 is 0 Å². The number of rotatable bonds is 1. The molecule has 3 heteroatoms. The predicted octanol–water partition coefficient (Wildman–Crippen LogP) is -2.03. The van der Waals surface area contributed by atoms with Crippen molar-refractivity contribution in [1.82, 2.24) is 0 Å². The van der Waals surface area contributed by atoms with E-state index in [0.717, 1.165) is 0 Å². The molecule has 2 nitrogen and oxygen atoms in total. The molecule has 0 aliphatic carbocycles. The summed E-state index contributed by atoms with van der Waals surface area (Å²) in [5.41, 5.74) is 0.604. The summed E-state index contributed by atoms with van der Waals surface area (Å²) >= 11 is 0. The fourth-order valence-corrected chi connectivity index (χ4v) is 0.506. The average molecular weight is 129 g/mol. The van der Waals surface area contributed by atoms with Gasteiger partial charge in [-0.2, -0.15) is 17.7 Å². The third-order valence-electron chi connectivity index (χ3n) is 0.892. The monoisotopic (exact) mass is 129 g/mol. The largest absolute Gasteiger partial charge is 1.00 e. The molecule has 0 spiro atoms. The van der Waals surface area contributed by atoms with Crippen molar-refractivity contribution in [1.29, 1.82) is 0 Å². The molecular formula is C7H6LiO2-. The molecule has 48 valence electrons. The minimum Gasteiger partial charge on any atom is -0.870 e. The minimum atomic E-state index is 0. The summed E-state index contributed by atoms with van der Waals surface area (Å²) in [6.07, 6.45) is 1.78. The summed E-state index contributed by atoms with van der Waals surface area (Å²) < 4.78 is 0. The van der Waals surface area contributed by atoms with Gasteiger partial charge >= 0.3 is 18.9 Å². The molecule has 0 unspecified atom stereocenters. The van der Waals surface area contributed by atoms with E-state index in [4.69, 9.17) is 0 Å². The fraction of sp³-hybridized carbons (Fsp3) is 0. The van der Waals surface area contributed by atoms with Crippen molar-refractivity contribution in [3.63, 3.8) is 0 Å². The summed E-state index contributed by atoms with van der Waals surface area (Å²) in [6, 6.07) is 8.90. The van der Waals surface area contributed by atoms with Crippen molar-refractivity contribution in [3.05, 3.63) is 35.9 Å². The van der Waals surface area contributed by atoms with Crippen LogP contribution in [-0.2, 0) is 4.79 Å². The van der Waals surface area contributed by atoms with E-state index in [1.807, 2.05) is 6.07 Å². The van der Waals surface area contributed by atoms with Gasteiger partial charge in [-0.1, -0.05) is 6.07 Å². The Labute approximate surface area is 71.7 Å². The van der Waals surface area contributed by atoms with Crippen molar-refractivity contribution in [2.45, 2.75) is 0 Å². The maximum absolute atomic E-state index is 9.88. The van der Waals surface area contributed by atoms with Crippen LogP contribution in [0.1, 0.15) is 5.56 Å². The van der Waals surface area contributed by atoms with E-state index in [1.54, 1.807) is 30.6 Å². The molecule has 0 saturated carbocycles. The maximum Gasteiger partial charge on any atom is 1.00 e. The van der Waals surface area contributed by atoms with Crippen LogP contribution in [0.3, 0.4) is 0 Å². The number of hydrogen-bond acceptors (Lipinski definition) is 2. The first kappa shape index (κ1) is 12.2. The topological polar surface area (TPSA) is 47.1 Å². The molecular weight excluding hydrogens is 123 g/mol. The van der Waals surface area contributed by atoms with Crippen molar-refractivity contribution in [3.8, 4) is 0 Å². The van der Waals surface area contributed by atoms with Gasteiger partial charge in [-0.15, -0.1) is 12.1 Å². The number of carbonyl (C=O) groups excluding carboxylic acids is 1. The second-order valence-electron chi connectivity index (χ2n) is 1.47. The van der Waals surface area contributed by atoms with Gasteiger partial charge in [-0.05, 0) is 0 Å². The van der Waals surface area contributed by atoms with Crippen molar-refractivity contribution in [2.75, 3.05) is 0 Å². The van der Waals surface area contributed by atoms with Crippen molar-refractivity contribution >= 4 is 6.29 Å². The zero-order valence-corrected chi connectivity index (χ0v) is 5.74. The van der Waals surface area contributed by atoms with Crippen molar-refractivity contribution < 1.29 is 29.1 Å². The van der Waals surface area contributed by atoms with E-state index in [9.17, 15) is 4.79 Å². The van der Waals surface area contributed by atoms with Gasteiger partial charge < -0.3 is 10.3 Å². The Hall–Kier alpha value is -0.553. The van der Waals surface area contributed by atoms with Gasteiger partial charge in [-0.3, -0.25) is 0 Å². The number of hydrogen-bond donors (Lipinski definition) is 0. The molecule has 0 fully saturated rings. The molecule has 0 atom stereocenters. The SMILES string of the molecule is O=[C-]c1ccccc1.[Li+].[OH-]. The number of benzene rings is 1. The summed E-state index contributed by atoms with van der Waals surface area (Å²) in [4.78, 5) is 9.88.